The van der Waals surface area contributed by atoms with Gasteiger partial charge in [-0.05, 0) is 13.8 Å². The fraction of sp³-hybridized carbons (Fsp3) is 0.444. The highest BCUT2D eigenvalue weighted by Crippen LogP contribution is 1.98. The van der Waals surface area contributed by atoms with Gasteiger partial charge in [0.2, 0.25) is 0 Å². The van der Waals surface area contributed by atoms with Gasteiger partial charge in [-0.1, -0.05) is 38.8 Å². The molecule has 2 nitrogen and oxygen atoms in total. The maximum Gasteiger partial charge on any atom is 0.260 e. The molecule has 0 saturated heterocycles. The summed E-state index contributed by atoms with van der Waals surface area (Å²) in [6, 6.07) is 0. The van der Waals surface area contributed by atoms with Crippen molar-refractivity contribution in [2.24, 2.45) is 0 Å². The van der Waals surface area contributed by atoms with Crippen molar-refractivity contribution in [2.45, 2.75) is 27.7 Å². The molecule has 0 fully saturated rings. The highest BCUT2D eigenvalue weighted by molar-refractivity contribution is 7.78. The van der Waals surface area contributed by atoms with E-state index in [1.807, 2.05) is 27.7 Å². The minimum atomic E-state index is -0.168. The van der Waals surface area contributed by atoms with Crippen LogP contribution in [0.25, 0.3) is 0 Å². The number of thiol groups is 1. The van der Waals surface area contributed by atoms with Crippen LogP contribution < -0.4 is 0 Å². The van der Waals surface area contributed by atoms with E-state index in [2.05, 4.69) is 19.4 Å². The lowest BCUT2D eigenvalue weighted by atomic mass is 10.3. The van der Waals surface area contributed by atoms with E-state index in [0.717, 1.165) is 9.88 Å². The van der Waals surface area contributed by atoms with Crippen LogP contribution in [0.15, 0.2) is 24.4 Å². The van der Waals surface area contributed by atoms with E-state index in [1.54, 1.807) is 0 Å². The molecule has 12 heavy (non-hydrogen) atoms. The van der Waals surface area contributed by atoms with E-state index in [1.165, 1.54) is 12.3 Å². The Morgan fingerprint density at radius 3 is 2.08 bits per heavy atom. The third-order valence-electron chi connectivity index (χ3n) is 0.811. The zero-order chi connectivity index (χ0) is 10.1. The first-order valence-electron chi connectivity index (χ1n) is 3.87. The third-order valence-corrected chi connectivity index (χ3v) is 1.17. The maximum absolute atomic E-state index is 10.9. The number of hydrogen-bond donors (Lipinski definition) is 1. The highest BCUT2D eigenvalue weighted by Gasteiger charge is 1.99. The van der Waals surface area contributed by atoms with Crippen LogP contribution in [-0.4, -0.2) is 10.2 Å². The summed E-state index contributed by atoms with van der Waals surface area (Å²) in [6.07, 6.45) is 2.85. The third kappa shape index (κ3) is 7.41. The molecule has 0 aromatic rings. The van der Waals surface area contributed by atoms with E-state index in [-0.39, 0.29) is 5.91 Å². The molecule has 0 unspecified atom stereocenters. The zero-order valence-electron chi connectivity index (χ0n) is 8.16. The second kappa shape index (κ2) is 8.40. The summed E-state index contributed by atoms with van der Waals surface area (Å²) in [5, 5.41) is 0. The van der Waals surface area contributed by atoms with Gasteiger partial charge < -0.3 is 0 Å². The Morgan fingerprint density at radius 2 is 1.83 bits per heavy atom. The number of carbonyl (C=O) groups is 1. The Balaban J connectivity index is 0. The molecule has 0 atom stereocenters. The summed E-state index contributed by atoms with van der Waals surface area (Å²) in [5.41, 5.74) is 0.950. The summed E-state index contributed by atoms with van der Waals surface area (Å²) in [4.78, 5) is 10.9. The number of amides is 1. The van der Waals surface area contributed by atoms with Gasteiger partial charge in [0.05, 0.1) is 0 Å². The van der Waals surface area contributed by atoms with Crippen molar-refractivity contribution in [3.05, 3.63) is 24.4 Å². The van der Waals surface area contributed by atoms with Crippen LogP contribution in [-0.2, 0) is 4.79 Å². The van der Waals surface area contributed by atoms with Crippen LogP contribution >= 0.6 is 12.8 Å². The SMILES string of the molecule is C=CN(S)C(=O)C=C(C)C.CC. The number of nitrogens with zero attached hydrogens (tertiary/aromatic N) is 1. The van der Waals surface area contributed by atoms with Gasteiger partial charge in [-0.2, -0.15) is 0 Å². The molecular formula is C9H17NOS. The molecule has 70 valence electrons. The Hall–Kier alpha value is -0.700. The molecule has 0 aliphatic rings. The maximum atomic E-state index is 10.9. The van der Waals surface area contributed by atoms with E-state index < -0.39 is 0 Å². The number of allylic oxidation sites excluding steroid dienone is 1. The van der Waals surface area contributed by atoms with Gasteiger partial charge in [0.15, 0.2) is 0 Å². The molecule has 1 amide bonds. The Kier molecular flexibility index (Phi) is 9.70. The molecule has 0 saturated carbocycles. The van der Waals surface area contributed by atoms with Crippen LogP contribution in [0.5, 0.6) is 0 Å². The predicted octanol–water partition coefficient (Wildman–Crippen LogP) is 2.80. The average molecular weight is 187 g/mol. The number of rotatable bonds is 2. The fourth-order valence-electron chi connectivity index (χ4n) is 0.403. The predicted molar refractivity (Wildman–Crippen MR) is 56.8 cm³/mol. The molecule has 0 heterocycles. The van der Waals surface area contributed by atoms with Gasteiger partial charge in [-0.15, -0.1) is 0 Å². The Morgan fingerprint density at radius 1 is 1.42 bits per heavy atom. The van der Waals surface area contributed by atoms with Crippen molar-refractivity contribution >= 4 is 18.7 Å². The van der Waals surface area contributed by atoms with Crippen molar-refractivity contribution in [2.75, 3.05) is 0 Å². The van der Waals surface area contributed by atoms with Gasteiger partial charge >= 0.3 is 0 Å². The molecule has 0 aliphatic heterocycles. The monoisotopic (exact) mass is 187 g/mol. The number of hydrogen-bond acceptors (Lipinski definition) is 2. The van der Waals surface area contributed by atoms with Gasteiger partial charge in [-0.25, -0.2) is 0 Å². The molecule has 0 spiro atoms. The minimum Gasteiger partial charge on any atom is -0.268 e. The van der Waals surface area contributed by atoms with E-state index in [4.69, 9.17) is 0 Å². The molecule has 0 radical (unpaired) electrons. The van der Waals surface area contributed by atoms with Crippen molar-refractivity contribution in [1.82, 2.24) is 4.31 Å². The normalized spacial score (nSPS) is 7.42. The van der Waals surface area contributed by atoms with Gasteiger partial charge in [0, 0.05) is 12.3 Å². The largest absolute Gasteiger partial charge is 0.268 e. The Bertz CT molecular complexity index is 171. The molecule has 0 rings (SSSR count). The van der Waals surface area contributed by atoms with E-state index in [9.17, 15) is 4.79 Å². The minimum absolute atomic E-state index is 0.168. The summed E-state index contributed by atoms with van der Waals surface area (Å²) in [7, 11) is 0. The first-order valence-corrected chi connectivity index (χ1v) is 4.27. The molecule has 0 N–H and O–H groups in total. The van der Waals surface area contributed by atoms with Gasteiger partial charge in [0.25, 0.3) is 5.91 Å². The topological polar surface area (TPSA) is 20.3 Å². The Labute approximate surface area is 80.5 Å². The summed E-state index contributed by atoms with van der Waals surface area (Å²) < 4.78 is 1.13. The second-order valence-electron chi connectivity index (χ2n) is 2.09. The molecule has 3 heteroatoms. The molecular weight excluding hydrogens is 170 g/mol. The standard InChI is InChI=1S/C7H11NOS.C2H6/c1-4-8(10)7(9)5-6(2)3;1-2/h4-5,10H,1H2,2-3H3;1-2H3. The lowest BCUT2D eigenvalue weighted by Gasteiger charge is -2.05. The molecule has 0 aromatic carbocycles. The van der Waals surface area contributed by atoms with Crippen molar-refractivity contribution in [3.8, 4) is 0 Å². The highest BCUT2D eigenvalue weighted by atomic mass is 32.1. The van der Waals surface area contributed by atoms with Crippen LogP contribution in [0, 0.1) is 0 Å². The quantitative estimate of drug-likeness (QED) is 0.520. The van der Waals surface area contributed by atoms with Gasteiger partial charge in [-0.3, -0.25) is 9.10 Å². The van der Waals surface area contributed by atoms with Crippen LogP contribution in [0.3, 0.4) is 0 Å². The van der Waals surface area contributed by atoms with Crippen LogP contribution in [0.1, 0.15) is 27.7 Å². The fourth-order valence-corrected chi connectivity index (χ4v) is 0.461. The smallest absolute Gasteiger partial charge is 0.260 e. The molecule has 0 aromatic heterocycles. The number of carbonyl (C=O) groups excluding carboxylic acids is 1. The lowest BCUT2D eigenvalue weighted by molar-refractivity contribution is -0.119. The van der Waals surface area contributed by atoms with Crippen LogP contribution in [0.2, 0.25) is 0 Å². The zero-order valence-corrected chi connectivity index (χ0v) is 9.06. The first kappa shape index (κ1) is 13.9. The average Bonchev–Trinajstić information content (AvgIpc) is 2.05. The van der Waals surface area contributed by atoms with Crippen molar-refractivity contribution < 1.29 is 4.79 Å². The summed E-state index contributed by atoms with van der Waals surface area (Å²) in [5.74, 6) is -0.168. The van der Waals surface area contributed by atoms with Crippen LogP contribution in [0.4, 0.5) is 0 Å². The van der Waals surface area contributed by atoms with Crippen molar-refractivity contribution in [3.63, 3.8) is 0 Å². The summed E-state index contributed by atoms with van der Waals surface area (Å²) >= 11 is 3.82. The first-order chi connectivity index (χ1) is 5.57. The molecule has 0 bridgehead atoms. The lowest BCUT2D eigenvalue weighted by Crippen LogP contribution is -2.11. The van der Waals surface area contributed by atoms with E-state index in [0.29, 0.717) is 0 Å². The van der Waals surface area contributed by atoms with Crippen molar-refractivity contribution in [1.29, 1.82) is 0 Å². The second-order valence-corrected chi connectivity index (χ2v) is 2.52. The van der Waals surface area contributed by atoms with E-state index >= 15 is 0 Å². The summed E-state index contributed by atoms with van der Waals surface area (Å²) in [6.45, 7) is 11.1. The molecule has 0 aliphatic carbocycles. The van der Waals surface area contributed by atoms with Gasteiger partial charge in [0.1, 0.15) is 0 Å².